The Morgan fingerprint density at radius 2 is 2.22 bits per heavy atom. The highest BCUT2D eigenvalue weighted by atomic mass is 16.5. The number of rotatable bonds is 3. The Kier molecular flexibility index (Phi) is 3.33. The number of nitrogens with one attached hydrogen (secondary N) is 1. The van der Waals surface area contributed by atoms with Crippen molar-refractivity contribution in [3.8, 4) is 5.75 Å². The lowest BCUT2D eigenvalue weighted by Crippen LogP contribution is -2.38. The lowest BCUT2D eigenvalue weighted by atomic mass is 9.74. The summed E-state index contributed by atoms with van der Waals surface area (Å²) < 4.78 is 5.47. The smallest absolute Gasteiger partial charge is 0.221 e. The van der Waals surface area contributed by atoms with Gasteiger partial charge in [0.2, 0.25) is 5.91 Å². The van der Waals surface area contributed by atoms with E-state index in [0.29, 0.717) is 6.42 Å². The van der Waals surface area contributed by atoms with Crippen molar-refractivity contribution in [3.63, 3.8) is 0 Å². The number of amides is 1. The molecule has 1 fully saturated rings. The van der Waals surface area contributed by atoms with Gasteiger partial charge in [-0.25, -0.2) is 0 Å². The second-order valence-corrected chi connectivity index (χ2v) is 5.33. The van der Waals surface area contributed by atoms with Crippen LogP contribution in [0.15, 0.2) is 18.2 Å². The maximum Gasteiger partial charge on any atom is 0.221 e. The van der Waals surface area contributed by atoms with Crippen LogP contribution in [0, 0.1) is 6.92 Å². The topological polar surface area (TPSA) is 38.3 Å². The molecule has 1 aliphatic rings. The Labute approximate surface area is 109 Å². The Hall–Kier alpha value is -1.51. The molecule has 18 heavy (non-hydrogen) atoms. The molecule has 0 aliphatic carbocycles. The summed E-state index contributed by atoms with van der Waals surface area (Å²) in [6.07, 6.45) is 1.46. The van der Waals surface area contributed by atoms with E-state index in [0.717, 1.165) is 17.7 Å². The predicted octanol–water partition coefficient (Wildman–Crippen LogP) is 2.56. The second-order valence-electron chi connectivity index (χ2n) is 5.33. The minimum atomic E-state index is -0.177. The molecule has 0 spiro atoms. The first-order valence-electron chi connectivity index (χ1n) is 6.45. The fourth-order valence-electron chi connectivity index (χ4n) is 2.97. The van der Waals surface area contributed by atoms with Gasteiger partial charge in [0.05, 0.1) is 7.11 Å². The van der Waals surface area contributed by atoms with Gasteiger partial charge < -0.3 is 10.1 Å². The fraction of sp³-hybridized carbons (Fsp3) is 0.533. The van der Waals surface area contributed by atoms with Gasteiger partial charge in [0.1, 0.15) is 5.75 Å². The molecule has 2 rings (SSSR count). The first-order chi connectivity index (χ1) is 8.51. The molecule has 98 valence electrons. The van der Waals surface area contributed by atoms with Gasteiger partial charge in [-0.05, 0) is 19.4 Å². The van der Waals surface area contributed by atoms with Gasteiger partial charge in [-0.3, -0.25) is 4.79 Å². The summed E-state index contributed by atoms with van der Waals surface area (Å²) in [6, 6.07) is 6.35. The third-order valence-electron chi connectivity index (χ3n) is 4.01. The van der Waals surface area contributed by atoms with Gasteiger partial charge in [-0.1, -0.05) is 31.5 Å². The maximum absolute atomic E-state index is 11.7. The summed E-state index contributed by atoms with van der Waals surface area (Å²) in [5, 5.41) is 3.07. The van der Waals surface area contributed by atoms with Crippen LogP contribution in [0.25, 0.3) is 0 Å². The number of carbonyl (C=O) groups is 1. The second kappa shape index (κ2) is 4.63. The van der Waals surface area contributed by atoms with Crippen LogP contribution >= 0.6 is 0 Å². The summed E-state index contributed by atoms with van der Waals surface area (Å²) in [6.45, 7) is 6.32. The molecular weight excluding hydrogens is 226 g/mol. The summed E-state index contributed by atoms with van der Waals surface area (Å²) in [7, 11) is 1.68. The number of ether oxygens (including phenoxy) is 1. The van der Waals surface area contributed by atoms with Crippen LogP contribution in [0.5, 0.6) is 5.75 Å². The Morgan fingerprint density at radius 3 is 2.83 bits per heavy atom. The van der Waals surface area contributed by atoms with Gasteiger partial charge >= 0.3 is 0 Å². The van der Waals surface area contributed by atoms with Crippen LogP contribution in [0.3, 0.4) is 0 Å². The molecule has 1 aliphatic heterocycles. The van der Waals surface area contributed by atoms with Crippen molar-refractivity contribution in [3.05, 3.63) is 29.3 Å². The third-order valence-corrected chi connectivity index (χ3v) is 4.01. The quantitative estimate of drug-likeness (QED) is 0.891. The standard InChI is InChI=1S/C15H21NO2/c1-5-13-15(3,9-14(17)16-13)11-8-10(2)6-7-12(11)18-4/h6-8,13H,5,9H2,1-4H3,(H,16,17). The van der Waals surface area contributed by atoms with Crippen molar-refractivity contribution < 1.29 is 9.53 Å². The molecule has 1 saturated heterocycles. The zero-order valence-electron chi connectivity index (χ0n) is 11.5. The Balaban J connectivity index is 2.52. The van der Waals surface area contributed by atoms with Gasteiger partial charge in [-0.15, -0.1) is 0 Å². The first-order valence-corrected chi connectivity index (χ1v) is 6.45. The van der Waals surface area contributed by atoms with Crippen LogP contribution in [0.2, 0.25) is 0 Å². The van der Waals surface area contributed by atoms with Crippen LogP contribution in [-0.4, -0.2) is 19.1 Å². The van der Waals surface area contributed by atoms with Gasteiger partial charge in [0.15, 0.2) is 0 Å². The van der Waals surface area contributed by atoms with E-state index in [1.54, 1.807) is 7.11 Å². The van der Waals surface area contributed by atoms with Crippen molar-refractivity contribution >= 4 is 5.91 Å². The molecular formula is C15H21NO2. The van der Waals surface area contributed by atoms with E-state index < -0.39 is 0 Å². The highest BCUT2D eigenvalue weighted by Crippen LogP contribution is 2.41. The summed E-state index contributed by atoms with van der Waals surface area (Å²) in [5.74, 6) is 1.01. The fourth-order valence-corrected chi connectivity index (χ4v) is 2.97. The average Bonchev–Trinajstić information content (AvgIpc) is 2.65. The van der Waals surface area contributed by atoms with E-state index in [9.17, 15) is 4.79 Å². The molecule has 3 nitrogen and oxygen atoms in total. The third kappa shape index (κ3) is 1.98. The van der Waals surface area contributed by atoms with Gasteiger partial charge in [0.25, 0.3) is 0 Å². The molecule has 0 radical (unpaired) electrons. The van der Waals surface area contributed by atoms with Crippen LogP contribution in [0.4, 0.5) is 0 Å². The average molecular weight is 247 g/mol. The van der Waals surface area contributed by atoms with Crippen molar-refractivity contribution in [2.45, 2.75) is 45.1 Å². The van der Waals surface area contributed by atoms with E-state index in [1.165, 1.54) is 5.56 Å². The monoisotopic (exact) mass is 247 g/mol. The molecule has 0 saturated carbocycles. The van der Waals surface area contributed by atoms with E-state index in [2.05, 4.69) is 32.2 Å². The highest BCUT2D eigenvalue weighted by molar-refractivity contribution is 5.81. The van der Waals surface area contributed by atoms with Gasteiger partial charge in [0, 0.05) is 23.4 Å². The number of benzene rings is 1. The normalized spacial score (nSPS) is 27.1. The van der Waals surface area contributed by atoms with E-state index in [4.69, 9.17) is 4.74 Å². The Morgan fingerprint density at radius 1 is 1.50 bits per heavy atom. The van der Waals surface area contributed by atoms with Crippen LogP contribution in [0.1, 0.15) is 37.8 Å². The molecule has 1 aromatic carbocycles. The lowest BCUT2D eigenvalue weighted by molar-refractivity contribution is -0.119. The molecule has 0 aromatic heterocycles. The summed E-state index contributed by atoms with van der Waals surface area (Å²) >= 11 is 0. The lowest BCUT2D eigenvalue weighted by Gasteiger charge is -2.31. The van der Waals surface area contributed by atoms with Gasteiger partial charge in [-0.2, -0.15) is 0 Å². The molecule has 3 heteroatoms. The van der Waals surface area contributed by atoms with E-state index in [-0.39, 0.29) is 17.4 Å². The van der Waals surface area contributed by atoms with Crippen molar-refractivity contribution in [2.75, 3.05) is 7.11 Å². The molecule has 1 heterocycles. The van der Waals surface area contributed by atoms with E-state index >= 15 is 0 Å². The molecule has 0 bridgehead atoms. The number of hydrogen-bond acceptors (Lipinski definition) is 2. The number of methoxy groups -OCH3 is 1. The summed E-state index contributed by atoms with van der Waals surface area (Å²) in [5.41, 5.74) is 2.15. The zero-order chi connectivity index (χ0) is 13.3. The molecule has 2 unspecified atom stereocenters. The number of carbonyl (C=O) groups excluding carboxylic acids is 1. The SMILES string of the molecule is CCC1NC(=O)CC1(C)c1cc(C)ccc1OC. The van der Waals surface area contributed by atoms with Crippen LogP contribution < -0.4 is 10.1 Å². The molecule has 1 N–H and O–H groups in total. The largest absolute Gasteiger partial charge is 0.496 e. The van der Waals surface area contributed by atoms with Crippen molar-refractivity contribution in [1.82, 2.24) is 5.32 Å². The predicted molar refractivity (Wildman–Crippen MR) is 71.9 cm³/mol. The van der Waals surface area contributed by atoms with Crippen molar-refractivity contribution in [2.24, 2.45) is 0 Å². The van der Waals surface area contributed by atoms with Crippen molar-refractivity contribution in [1.29, 1.82) is 0 Å². The maximum atomic E-state index is 11.7. The first kappa shape index (κ1) is 12.9. The zero-order valence-corrected chi connectivity index (χ0v) is 11.5. The minimum absolute atomic E-state index is 0.132. The number of aryl methyl sites for hydroxylation is 1. The van der Waals surface area contributed by atoms with Crippen LogP contribution in [-0.2, 0) is 10.2 Å². The van der Waals surface area contributed by atoms with E-state index in [1.807, 2.05) is 12.1 Å². The Bertz CT molecular complexity index is 470. The summed E-state index contributed by atoms with van der Waals surface area (Å²) in [4.78, 5) is 11.7. The highest BCUT2D eigenvalue weighted by Gasteiger charge is 2.44. The number of hydrogen-bond donors (Lipinski definition) is 1. The molecule has 1 aromatic rings. The molecule has 1 amide bonds. The molecule has 2 atom stereocenters. The minimum Gasteiger partial charge on any atom is -0.496 e.